The summed E-state index contributed by atoms with van der Waals surface area (Å²) in [4.78, 5) is 16.5. The van der Waals surface area contributed by atoms with E-state index in [4.69, 9.17) is 0 Å². The van der Waals surface area contributed by atoms with Crippen molar-refractivity contribution in [2.24, 2.45) is 5.41 Å². The lowest BCUT2D eigenvalue weighted by Gasteiger charge is -2.37. The van der Waals surface area contributed by atoms with Crippen LogP contribution in [0.15, 0.2) is 12.1 Å². The first-order chi connectivity index (χ1) is 7.96. The summed E-state index contributed by atoms with van der Waals surface area (Å²) in [6, 6.07) is 3.98. The number of hydrogen-bond acceptors (Lipinski definition) is 3. The van der Waals surface area contributed by atoms with Crippen LogP contribution in [-0.4, -0.2) is 30.3 Å². The van der Waals surface area contributed by atoms with Crippen LogP contribution in [0.1, 0.15) is 41.2 Å². The summed E-state index contributed by atoms with van der Waals surface area (Å²) in [6.45, 7) is 9.33. The summed E-state index contributed by atoms with van der Waals surface area (Å²) < 4.78 is 0. The van der Waals surface area contributed by atoms with Gasteiger partial charge in [-0.25, -0.2) is 0 Å². The second kappa shape index (κ2) is 4.91. The molecule has 0 unspecified atom stereocenters. The highest BCUT2D eigenvalue weighted by Gasteiger charge is 2.27. The van der Waals surface area contributed by atoms with Crippen LogP contribution in [0, 0.1) is 12.3 Å². The molecule has 0 aliphatic carbocycles. The van der Waals surface area contributed by atoms with Gasteiger partial charge in [-0.05, 0) is 43.9 Å². The molecule has 0 N–H and O–H groups in total. The minimum absolute atomic E-state index is 0.279. The largest absolute Gasteiger partial charge is 0.295 e. The Kier molecular flexibility index (Phi) is 3.69. The Hall–Kier alpha value is -0.670. The standard InChI is InChI=1S/C14H21NOS/c1-11-5-6-13(17-11)12(16)9-15-8-4-7-14(2,3)10-15/h5-6H,4,7-10H2,1-3H3. The van der Waals surface area contributed by atoms with Crippen molar-refractivity contribution in [1.29, 1.82) is 0 Å². The zero-order valence-electron chi connectivity index (χ0n) is 11.0. The Bertz CT molecular complexity index is 408. The topological polar surface area (TPSA) is 20.3 Å². The van der Waals surface area contributed by atoms with Gasteiger partial charge in [0, 0.05) is 11.4 Å². The highest BCUT2D eigenvalue weighted by molar-refractivity contribution is 7.14. The Morgan fingerprint density at radius 3 is 2.82 bits per heavy atom. The van der Waals surface area contributed by atoms with Gasteiger partial charge in [-0.1, -0.05) is 13.8 Å². The van der Waals surface area contributed by atoms with Crippen LogP contribution < -0.4 is 0 Å². The third-order valence-corrected chi connectivity index (χ3v) is 4.40. The van der Waals surface area contributed by atoms with Crippen LogP contribution in [0.4, 0.5) is 0 Å². The summed E-state index contributed by atoms with van der Waals surface area (Å²) in [7, 11) is 0. The predicted molar refractivity (Wildman–Crippen MR) is 72.8 cm³/mol. The number of piperidine rings is 1. The summed E-state index contributed by atoms with van der Waals surface area (Å²) in [5.41, 5.74) is 0.365. The molecule has 94 valence electrons. The molecule has 1 aromatic heterocycles. The second-order valence-electron chi connectivity index (χ2n) is 5.81. The third kappa shape index (κ3) is 3.39. The fourth-order valence-corrected chi connectivity index (χ4v) is 3.34. The molecule has 2 rings (SSSR count). The first kappa shape index (κ1) is 12.8. The lowest BCUT2D eigenvalue weighted by atomic mass is 9.84. The van der Waals surface area contributed by atoms with Crippen molar-refractivity contribution >= 4 is 17.1 Å². The quantitative estimate of drug-likeness (QED) is 0.768. The van der Waals surface area contributed by atoms with Crippen molar-refractivity contribution in [2.75, 3.05) is 19.6 Å². The highest BCUT2D eigenvalue weighted by Crippen LogP contribution is 2.28. The van der Waals surface area contributed by atoms with Crippen LogP contribution in [0.5, 0.6) is 0 Å². The Morgan fingerprint density at radius 2 is 2.24 bits per heavy atom. The summed E-state index contributed by atoms with van der Waals surface area (Å²) >= 11 is 1.61. The zero-order chi connectivity index (χ0) is 12.5. The van der Waals surface area contributed by atoms with Gasteiger partial charge in [-0.15, -0.1) is 11.3 Å². The Labute approximate surface area is 108 Å². The minimum atomic E-state index is 0.279. The van der Waals surface area contributed by atoms with E-state index in [1.165, 1.54) is 17.7 Å². The van der Waals surface area contributed by atoms with Gasteiger partial charge >= 0.3 is 0 Å². The van der Waals surface area contributed by atoms with Gasteiger partial charge in [0.15, 0.2) is 5.78 Å². The van der Waals surface area contributed by atoms with E-state index in [-0.39, 0.29) is 5.78 Å². The van der Waals surface area contributed by atoms with Crippen molar-refractivity contribution in [3.8, 4) is 0 Å². The van der Waals surface area contributed by atoms with Crippen molar-refractivity contribution < 1.29 is 4.79 Å². The SMILES string of the molecule is Cc1ccc(C(=O)CN2CCCC(C)(C)C2)s1. The predicted octanol–water partition coefficient (Wildman–Crippen LogP) is 3.36. The first-order valence-electron chi connectivity index (χ1n) is 6.28. The smallest absolute Gasteiger partial charge is 0.186 e. The molecular formula is C14H21NOS. The zero-order valence-corrected chi connectivity index (χ0v) is 11.8. The molecule has 1 fully saturated rings. The molecular weight excluding hydrogens is 230 g/mol. The summed E-state index contributed by atoms with van der Waals surface area (Å²) in [5, 5.41) is 0. The number of ketones is 1. The maximum atomic E-state index is 12.1. The first-order valence-corrected chi connectivity index (χ1v) is 7.10. The molecule has 0 bridgehead atoms. The Morgan fingerprint density at radius 1 is 1.47 bits per heavy atom. The number of likely N-dealkylation sites (tertiary alicyclic amines) is 1. The average molecular weight is 251 g/mol. The van der Waals surface area contributed by atoms with Gasteiger partial charge in [0.1, 0.15) is 0 Å². The molecule has 1 aliphatic heterocycles. The minimum Gasteiger partial charge on any atom is -0.295 e. The number of carbonyl (C=O) groups is 1. The maximum Gasteiger partial charge on any atom is 0.186 e. The molecule has 0 amide bonds. The lowest BCUT2D eigenvalue weighted by molar-refractivity contribution is 0.0813. The molecule has 1 saturated heterocycles. The van der Waals surface area contributed by atoms with Gasteiger partial charge in [0.05, 0.1) is 11.4 Å². The van der Waals surface area contributed by atoms with Crippen molar-refractivity contribution in [3.05, 3.63) is 21.9 Å². The van der Waals surface area contributed by atoms with E-state index >= 15 is 0 Å². The molecule has 0 atom stereocenters. The average Bonchev–Trinajstić information content (AvgIpc) is 2.63. The van der Waals surface area contributed by atoms with Crippen molar-refractivity contribution in [3.63, 3.8) is 0 Å². The fourth-order valence-electron chi connectivity index (χ4n) is 2.55. The van der Waals surface area contributed by atoms with E-state index in [2.05, 4.69) is 18.7 Å². The molecule has 2 heterocycles. The third-order valence-electron chi connectivity index (χ3n) is 3.36. The molecule has 0 radical (unpaired) electrons. The Balaban J connectivity index is 1.95. The molecule has 17 heavy (non-hydrogen) atoms. The number of carbonyl (C=O) groups excluding carboxylic acids is 1. The van der Waals surface area contributed by atoms with Gasteiger partial charge in [0.25, 0.3) is 0 Å². The van der Waals surface area contributed by atoms with Crippen molar-refractivity contribution in [2.45, 2.75) is 33.6 Å². The monoisotopic (exact) mass is 251 g/mol. The molecule has 0 spiro atoms. The van der Waals surface area contributed by atoms with Gasteiger partial charge in [-0.3, -0.25) is 9.69 Å². The number of nitrogens with zero attached hydrogens (tertiary/aromatic N) is 1. The van der Waals surface area contributed by atoms with Gasteiger partial charge in [-0.2, -0.15) is 0 Å². The van der Waals surface area contributed by atoms with Crippen LogP contribution >= 0.6 is 11.3 Å². The van der Waals surface area contributed by atoms with Gasteiger partial charge in [0.2, 0.25) is 0 Å². The normalized spacial score (nSPS) is 20.4. The molecule has 1 aliphatic rings. The van der Waals surface area contributed by atoms with Crippen LogP contribution in [0.2, 0.25) is 0 Å². The van der Waals surface area contributed by atoms with Crippen LogP contribution in [0.3, 0.4) is 0 Å². The number of rotatable bonds is 3. The van der Waals surface area contributed by atoms with Crippen LogP contribution in [0.25, 0.3) is 0 Å². The molecule has 0 saturated carbocycles. The van der Waals surface area contributed by atoms with Gasteiger partial charge < -0.3 is 0 Å². The molecule has 2 nitrogen and oxygen atoms in total. The van der Waals surface area contributed by atoms with E-state index in [0.29, 0.717) is 12.0 Å². The second-order valence-corrected chi connectivity index (χ2v) is 7.10. The number of thiophene rings is 1. The molecule has 0 aromatic carbocycles. The van der Waals surface area contributed by atoms with Crippen LogP contribution in [-0.2, 0) is 0 Å². The van der Waals surface area contributed by atoms with E-state index in [1.807, 2.05) is 19.1 Å². The van der Waals surface area contributed by atoms with Crippen molar-refractivity contribution in [1.82, 2.24) is 4.90 Å². The maximum absolute atomic E-state index is 12.1. The van der Waals surface area contributed by atoms with E-state index in [1.54, 1.807) is 11.3 Å². The van der Waals surface area contributed by atoms with E-state index in [0.717, 1.165) is 18.0 Å². The summed E-state index contributed by atoms with van der Waals surface area (Å²) in [5.74, 6) is 0.279. The lowest BCUT2D eigenvalue weighted by Crippen LogP contribution is -2.42. The fraction of sp³-hybridized carbons (Fsp3) is 0.643. The number of aryl methyl sites for hydroxylation is 1. The van der Waals surface area contributed by atoms with E-state index < -0.39 is 0 Å². The number of Topliss-reactive ketones (excluding diaryl/α,β-unsaturated/α-hetero) is 1. The summed E-state index contributed by atoms with van der Waals surface area (Å²) in [6.07, 6.45) is 2.49. The highest BCUT2D eigenvalue weighted by atomic mass is 32.1. The molecule has 3 heteroatoms. The molecule has 1 aromatic rings. The van der Waals surface area contributed by atoms with E-state index in [9.17, 15) is 4.79 Å². The number of hydrogen-bond donors (Lipinski definition) is 0.